The molecule has 1 amide bonds. The van der Waals surface area contributed by atoms with Gasteiger partial charge in [0, 0.05) is 12.5 Å². The normalized spacial score (nSPS) is 31.8. The lowest BCUT2D eigenvalue weighted by Gasteiger charge is -2.59. The number of aromatic nitrogens is 2. The van der Waals surface area contributed by atoms with Crippen molar-refractivity contribution in [2.45, 2.75) is 84.7 Å². The first kappa shape index (κ1) is 19.4. The van der Waals surface area contributed by atoms with Crippen molar-refractivity contribution in [1.29, 1.82) is 0 Å². The third-order valence-corrected chi connectivity index (χ3v) is 7.64. The highest BCUT2D eigenvalue weighted by molar-refractivity contribution is 5.76. The average molecular weight is 389 g/mol. The van der Waals surface area contributed by atoms with Crippen molar-refractivity contribution in [3.05, 3.63) is 21.5 Å². The van der Waals surface area contributed by atoms with Gasteiger partial charge in [-0.2, -0.15) is 5.10 Å². The van der Waals surface area contributed by atoms with Crippen molar-refractivity contribution in [3.8, 4) is 0 Å². The Morgan fingerprint density at radius 3 is 2.29 bits per heavy atom. The molecule has 0 radical (unpaired) electrons. The van der Waals surface area contributed by atoms with Crippen LogP contribution in [0.4, 0.5) is 5.69 Å². The Labute approximate surface area is 166 Å². The summed E-state index contributed by atoms with van der Waals surface area (Å²) in [5.74, 6) is 2.64. The van der Waals surface area contributed by atoms with E-state index in [1.54, 1.807) is 18.5 Å². The van der Waals surface area contributed by atoms with Gasteiger partial charge in [-0.3, -0.25) is 19.6 Å². The molecular weight excluding hydrogens is 356 g/mol. The second kappa shape index (κ2) is 7.16. The topological polar surface area (TPSA) is 90.1 Å². The van der Waals surface area contributed by atoms with Gasteiger partial charge >= 0.3 is 5.69 Å². The number of carbonyl (C=O) groups excluding carboxylic acids is 1. The van der Waals surface area contributed by atoms with Crippen LogP contribution in [0.5, 0.6) is 0 Å². The van der Waals surface area contributed by atoms with Crippen LogP contribution < -0.4 is 5.32 Å². The summed E-state index contributed by atoms with van der Waals surface area (Å²) in [5.41, 5.74) is 1.28. The molecule has 7 heteroatoms. The van der Waals surface area contributed by atoms with E-state index in [1.807, 2.05) is 0 Å². The van der Waals surface area contributed by atoms with E-state index >= 15 is 0 Å². The first-order valence-corrected chi connectivity index (χ1v) is 10.8. The third kappa shape index (κ3) is 3.33. The molecule has 4 saturated carbocycles. The summed E-state index contributed by atoms with van der Waals surface area (Å²) in [6, 6.07) is 0.253. The van der Waals surface area contributed by atoms with Gasteiger partial charge < -0.3 is 5.32 Å². The fourth-order valence-electron chi connectivity index (χ4n) is 6.94. The highest BCUT2D eigenvalue weighted by Crippen LogP contribution is 2.61. The highest BCUT2D eigenvalue weighted by Gasteiger charge is 2.53. The number of amides is 1. The van der Waals surface area contributed by atoms with Gasteiger partial charge in [-0.1, -0.05) is 6.92 Å². The fraction of sp³-hybridized carbons (Fsp3) is 0.810. The Bertz CT molecular complexity index is 750. The molecule has 154 valence electrons. The van der Waals surface area contributed by atoms with Crippen LogP contribution in [0.2, 0.25) is 0 Å². The number of nitrogens with zero attached hydrogens (tertiary/aromatic N) is 3. The Morgan fingerprint density at radius 2 is 1.82 bits per heavy atom. The summed E-state index contributed by atoms with van der Waals surface area (Å²) >= 11 is 0. The quantitative estimate of drug-likeness (QED) is 0.566. The first-order chi connectivity index (χ1) is 13.3. The number of hydrogen-bond donors (Lipinski definition) is 1. The first-order valence-electron chi connectivity index (χ1n) is 10.8. The van der Waals surface area contributed by atoms with Crippen molar-refractivity contribution in [3.63, 3.8) is 0 Å². The molecule has 0 saturated heterocycles. The van der Waals surface area contributed by atoms with Crippen LogP contribution in [-0.2, 0) is 11.3 Å². The Hall–Kier alpha value is -1.92. The number of carbonyl (C=O) groups is 1. The number of rotatable bonds is 7. The molecule has 28 heavy (non-hydrogen) atoms. The smallest absolute Gasteiger partial charge is 0.312 e. The second-order valence-corrected chi connectivity index (χ2v) is 9.56. The van der Waals surface area contributed by atoms with E-state index in [1.165, 1.54) is 38.5 Å². The lowest BCUT2D eigenvalue weighted by atomic mass is 9.47. The Morgan fingerprint density at radius 1 is 1.25 bits per heavy atom. The molecular formula is C21H32N4O3. The molecule has 0 spiro atoms. The summed E-state index contributed by atoms with van der Waals surface area (Å²) in [6.07, 6.45) is 9.33. The summed E-state index contributed by atoms with van der Waals surface area (Å²) in [4.78, 5) is 23.5. The molecule has 4 aliphatic carbocycles. The van der Waals surface area contributed by atoms with Gasteiger partial charge in [-0.05, 0) is 82.0 Å². The maximum absolute atomic E-state index is 12.7. The van der Waals surface area contributed by atoms with Gasteiger partial charge in [0.05, 0.1) is 11.5 Å². The maximum Gasteiger partial charge on any atom is 0.312 e. The van der Waals surface area contributed by atoms with Gasteiger partial charge in [-0.25, -0.2) is 0 Å². The lowest BCUT2D eigenvalue weighted by Crippen LogP contribution is -2.56. The van der Waals surface area contributed by atoms with Crippen LogP contribution in [0.25, 0.3) is 0 Å². The van der Waals surface area contributed by atoms with Crippen LogP contribution in [0, 0.1) is 47.1 Å². The second-order valence-electron chi connectivity index (χ2n) is 9.56. The molecule has 1 atom stereocenters. The SMILES string of the molecule is CCC(NC(=O)CCn1nc(C)c([N+](=O)[O-])c1C)C12CC3CC(CC(C3)C1)C2. The van der Waals surface area contributed by atoms with Gasteiger partial charge in [0.15, 0.2) is 0 Å². The Kier molecular flexibility index (Phi) is 4.96. The zero-order chi connectivity index (χ0) is 20.1. The predicted molar refractivity (Wildman–Crippen MR) is 106 cm³/mol. The minimum Gasteiger partial charge on any atom is -0.353 e. The van der Waals surface area contributed by atoms with E-state index in [9.17, 15) is 14.9 Å². The zero-order valence-corrected chi connectivity index (χ0v) is 17.2. The third-order valence-electron chi connectivity index (χ3n) is 7.64. The van der Waals surface area contributed by atoms with E-state index in [-0.39, 0.29) is 17.6 Å². The molecule has 1 N–H and O–H groups in total. The van der Waals surface area contributed by atoms with Crippen molar-refractivity contribution in [1.82, 2.24) is 15.1 Å². The van der Waals surface area contributed by atoms with Gasteiger partial charge in [0.2, 0.25) is 5.91 Å². The van der Waals surface area contributed by atoms with Gasteiger partial charge in [0.1, 0.15) is 11.4 Å². The van der Waals surface area contributed by atoms with E-state index in [0.717, 1.165) is 24.2 Å². The van der Waals surface area contributed by atoms with Gasteiger partial charge in [0.25, 0.3) is 0 Å². The molecule has 4 aliphatic rings. The summed E-state index contributed by atoms with van der Waals surface area (Å²) < 4.78 is 1.60. The van der Waals surface area contributed by atoms with Crippen molar-refractivity contribution >= 4 is 11.6 Å². The van der Waals surface area contributed by atoms with Crippen LogP contribution in [-0.4, -0.2) is 26.7 Å². The van der Waals surface area contributed by atoms with Crippen LogP contribution in [0.15, 0.2) is 0 Å². The molecule has 4 bridgehead atoms. The van der Waals surface area contributed by atoms with Crippen molar-refractivity contribution in [2.75, 3.05) is 0 Å². The lowest BCUT2D eigenvalue weighted by molar-refractivity contribution is -0.386. The molecule has 4 fully saturated rings. The van der Waals surface area contributed by atoms with Gasteiger partial charge in [-0.15, -0.1) is 0 Å². The summed E-state index contributed by atoms with van der Waals surface area (Å²) in [7, 11) is 0. The number of hydrogen-bond acceptors (Lipinski definition) is 4. The van der Waals surface area contributed by atoms with Crippen LogP contribution in [0.1, 0.15) is 69.7 Å². The van der Waals surface area contributed by atoms with E-state index < -0.39 is 4.92 Å². The molecule has 7 nitrogen and oxygen atoms in total. The van der Waals surface area contributed by atoms with Crippen LogP contribution >= 0.6 is 0 Å². The molecule has 1 aromatic heterocycles. The number of aryl methyl sites for hydroxylation is 2. The van der Waals surface area contributed by atoms with E-state index in [0.29, 0.717) is 29.8 Å². The van der Waals surface area contributed by atoms with Crippen molar-refractivity contribution in [2.24, 2.45) is 23.2 Å². The molecule has 1 heterocycles. The molecule has 0 aliphatic heterocycles. The Balaban J connectivity index is 1.39. The minimum atomic E-state index is -0.394. The summed E-state index contributed by atoms with van der Waals surface area (Å²) in [6.45, 7) is 5.90. The van der Waals surface area contributed by atoms with E-state index in [2.05, 4.69) is 17.3 Å². The largest absolute Gasteiger partial charge is 0.353 e. The molecule has 1 unspecified atom stereocenters. The molecule has 0 aromatic carbocycles. The standard InChI is InChI=1S/C21H32N4O3/c1-4-18(21-10-15-7-16(11-21)9-17(8-15)12-21)22-19(26)5-6-24-14(3)20(25(27)28)13(2)23-24/h15-18H,4-12H2,1-3H3,(H,22,26). The van der Waals surface area contributed by atoms with Crippen LogP contribution in [0.3, 0.4) is 0 Å². The average Bonchev–Trinajstić information content (AvgIpc) is 2.90. The van der Waals surface area contributed by atoms with Crippen molar-refractivity contribution < 1.29 is 9.72 Å². The highest BCUT2D eigenvalue weighted by atomic mass is 16.6. The minimum absolute atomic E-state index is 0.0396. The molecule has 5 rings (SSSR count). The predicted octanol–water partition coefficient (Wildman–Crippen LogP) is 3.91. The number of nitro groups is 1. The zero-order valence-electron chi connectivity index (χ0n) is 17.2. The molecule has 1 aromatic rings. The fourth-order valence-corrected chi connectivity index (χ4v) is 6.94. The summed E-state index contributed by atoms with van der Waals surface area (Å²) in [5, 5.41) is 18.8. The van der Waals surface area contributed by atoms with E-state index in [4.69, 9.17) is 0 Å². The monoisotopic (exact) mass is 388 g/mol. The maximum atomic E-state index is 12.7. The number of nitrogens with one attached hydrogen (secondary N) is 1.